The van der Waals surface area contributed by atoms with Crippen molar-refractivity contribution < 1.29 is 9.53 Å². The van der Waals surface area contributed by atoms with Crippen molar-refractivity contribution in [3.05, 3.63) is 16.6 Å². The molecule has 0 spiro atoms. The standard InChI is InChI=1S/C9H11ClN2O2S/c10-3-7-5-14-2-1-12(7)9(13)8-4-11-6-15-8/h4,6-7H,1-3,5H2. The molecule has 6 heteroatoms. The molecule has 2 heterocycles. The van der Waals surface area contributed by atoms with E-state index in [0.29, 0.717) is 30.5 Å². The predicted molar refractivity (Wildman–Crippen MR) is 58.5 cm³/mol. The van der Waals surface area contributed by atoms with Gasteiger partial charge in [0.1, 0.15) is 4.88 Å². The van der Waals surface area contributed by atoms with Gasteiger partial charge in [0, 0.05) is 12.4 Å². The lowest BCUT2D eigenvalue weighted by Gasteiger charge is -2.34. The largest absolute Gasteiger partial charge is 0.377 e. The van der Waals surface area contributed by atoms with Gasteiger partial charge < -0.3 is 9.64 Å². The predicted octanol–water partition coefficient (Wildman–Crippen LogP) is 1.22. The van der Waals surface area contributed by atoms with Crippen molar-refractivity contribution in [1.29, 1.82) is 0 Å². The summed E-state index contributed by atoms with van der Waals surface area (Å²) in [5.41, 5.74) is 1.66. The van der Waals surface area contributed by atoms with Crippen LogP contribution in [-0.2, 0) is 4.74 Å². The fraction of sp³-hybridized carbons (Fsp3) is 0.556. The van der Waals surface area contributed by atoms with Gasteiger partial charge in [-0.3, -0.25) is 9.78 Å². The average molecular weight is 247 g/mol. The van der Waals surface area contributed by atoms with Crippen LogP contribution in [0.5, 0.6) is 0 Å². The summed E-state index contributed by atoms with van der Waals surface area (Å²) in [6.07, 6.45) is 1.59. The molecule has 1 aliphatic rings. The zero-order valence-corrected chi connectivity index (χ0v) is 9.63. The van der Waals surface area contributed by atoms with Crippen LogP contribution >= 0.6 is 22.9 Å². The van der Waals surface area contributed by atoms with E-state index in [2.05, 4.69) is 4.98 Å². The van der Waals surface area contributed by atoms with Gasteiger partial charge in [-0.15, -0.1) is 22.9 Å². The van der Waals surface area contributed by atoms with Crippen LogP contribution in [0.4, 0.5) is 0 Å². The highest BCUT2D eigenvalue weighted by Crippen LogP contribution is 2.15. The van der Waals surface area contributed by atoms with E-state index in [-0.39, 0.29) is 11.9 Å². The summed E-state index contributed by atoms with van der Waals surface area (Å²) in [6.45, 7) is 1.71. The number of aromatic nitrogens is 1. The molecule has 1 aromatic heterocycles. The Hall–Kier alpha value is -0.650. The first kappa shape index (κ1) is 10.9. The van der Waals surface area contributed by atoms with Gasteiger partial charge >= 0.3 is 0 Å². The number of thiazole rings is 1. The molecule has 0 N–H and O–H groups in total. The lowest BCUT2D eigenvalue weighted by molar-refractivity contribution is 0.00482. The molecule has 0 aromatic carbocycles. The summed E-state index contributed by atoms with van der Waals surface area (Å²) in [5, 5.41) is 0. The molecule has 0 bridgehead atoms. The molecule has 1 unspecified atom stereocenters. The van der Waals surface area contributed by atoms with Crippen LogP contribution in [0.1, 0.15) is 9.67 Å². The molecule has 0 aliphatic carbocycles. The Morgan fingerprint density at radius 2 is 2.67 bits per heavy atom. The summed E-state index contributed by atoms with van der Waals surface area (Å²) in [6, 6.07) is -0.0185. The lowest BCUT2D eigenvalue weighted by Crippen LogP contribution is -2.49. The molecule has 2 rings (SSSR count). The van der Waals surface area contributed by atoms with Gasteiger partial charge in [0.15, 0.2) is 0 Å². The maximum Gasteiger partial charge on any atom is 0.266 e. The number of rotatable bonds is 2. The lowest BCUT2D eigenvalue weighted by atomic mass is 10.2. The van der Waals surface area contributed by atoms with E-state index in [4.69, 9.17) is 16.3 Å². The average Bonchev–Trinajstić information content (AvgIpc) is 2.81. The third-order valence-corrected chi connectivity index (χ3v) is 3.43. The topological polar surface area (TPSA) is 42.4 Å². The van der Waals surface area contributed by atoms with Crippen molar-refractivity contribution in [2.75, 3.05) is 25.6 Å². The second-order valence-electron chi connectivity index (χ2n) is 3.25. The Morgan fingerprint density at radius 3 is 3.33 bits per heavy atom. The number of morpholine rings is 1. The van der Waals surface area contributed by atoms with Crippen molar-refractivity contribution >= 4 is 28.8 Å². The minimum Gasteiger partial charge on any atom is -0.377 e. The maximum absolute atomic E-state index is 12.0. The number of carbonyl (C=O) groups excluding carboxylic acids is 1. The highest BCUT2D eigenvalue weighted by Gasteiger charge is 2.27. The minimum absolute atomic E-state index is 0.00597. The third-order valence-electron chi connectivity index (χ3n) is 2.31. The number of nitrogens with zero attached hydrogens (tertiary/aromatic N) is 2. The van der Waals surface area contributed by atoms with Crippen molar-refractivity contribution in [3.8, 4) is 0 Å². The number of halogens is 1. The van der Waals surface area contributed by atoms with Gasteiger partial charge in [-0.25, -0.2) is 0 Å². The Bertz CT molecular complexity index is 331. The molecule has 1 aromatic rings. The SMILES string of the molecule is O=C(c1cncs1)N1CCOCC1CCl. The molecule has 1 aliphatic heterocycles. The van der Waals surface area contributed by atoms with E-state index >= 15 is 0 Å². The van der Waals surface area contributed by atoms with Crippen LogP contribution < -0.4 is 0 Å². The van der Waals surface area contributed by atoms with Crippen LogP contribution in [0.25, 0.3) is 0 Å². The highest BCUT2D eigenvalue weighted by molar-refractivity contribution is 7.11. The molecule has 0 radical (unpaired) electrons. The van der Waals surface area contributed by atoms with E-state index in [0.717, 1.165) is 0 Å². The molecule has 15 heavy (non-hydrogen) atoms. The summed E-state index contributed by atoms with van der Waals surface area (Å²) in [4.78, 5) is 18.3. The normalized spacial score (nSPS) is 21.7. The minimum atomic E-state index is -0.0185. The van der Waals surface area contributed by atoms with Gasteiger partial charge in [0.2, 0.25) is 0 Å². The molecule has 1 amide bonds. The molecular formula is C9H11ClN2O2S. The van der Waals surface area contributed by atoms with Crippen LogP contribution in [0.3, 0.4) is 0 Å². The second kappa shape index (κ2) is 4.92. The quantitative estimate of drug-likeness (QED) is 0.737. The van der Waals surface area contributed by atoms with E-state index in [1.54, 1.807) is 16.6 Å². The Kier molecular flexibility index (Phi) is 3.56. The molecular weight excluding hydrogens is 236 g/mol. The van der Waals surface area contributed by atoms with Crippen LogP contribution in [-0.4, -0.2) is 47.5 Å². The summed E-state index contributed by atoms with van der Waals surface area (Å²) >= 11 is 7.15. The third kappa shape index (κ3) is 2.30. The van der Waals surface area contributed by atoms with Gasteiger partial charge in [-0.05, 0) is 0 Å². The molecule has 4 nitrogen and oxygen atoms in total. The van der Waals surface area contributed by atoms with Crippen LogP contribution in [0.15, 0.2) is 11.7 Å². The summed E-state index contributed by atoms with van der Waals surface area (Å²) < 4.78 is 5.28. The first-order chi connectivity index (χ1) is 7.33. The van der Waals surface area contributed by atoms with Gasteiger partial charge in [0.05, 0.1) is 31.0 Å². The molecule has 1 saturated heterocycles. The Balaban J connectivity index is 2.11. The second-order valence-corrected chi connectivity index (χ2v) is 4.44. The molecule has 1 fully saturated rings. The van der Waals surface area contributed by atoms with Crippen molar-refractivity contribution in [1.82, 2.24) is 9.88 Å². The molecule has 0 saturated carbocycles. The number of ether oxygens (including phenoxy) is 1. The molecule has 82 valence electrons. The van der Waals surface area contributed by atoms with E-state index in [1.807, 2.05) is 0 Å². The van der Waals surface area contributed by atoms with Crippen LogP contribution in [0, 0.1) is 0 Å². The number of alkyl halides is 1. The first-order valence-corrected chi connectivity index (χ1v) is 6.07. The van der Waals surface area contributed by atoms with Crippen LogP contribution in [0.2, 0.25) is 0 Å². The van der Waals surface area contributed by atoms with Crippen molar-refractivity contribution in [3.63, 3.8) is 0 Å². The van der Waals surface area contributed by atoms with Gasteiger partial charge in [0.25, 0.3) is 5.91 Å². The van der Waals surface area contributed by atoms with E-state index in [9.17, 15) is 4.79 Å². The number of hydrogen-bond donors (Lipinski definition) is 0. The van der Waals surface area contributed by atoms with Crippen molar-refractivity contribution in [2.24, 2.45) is 0 Å². The maximum atomic E-state index is 12.0. The van der Waals surface area contributed by atoms with E-state index < -0.39 is 0 Å². The summed E-state index contributed by atoms with van der Waals surface area (Å²) in [7, 11) is 0. The fourth-order valence-electron chi connectivity index (χ4n) is 1.51. The Labute approximate surface area is 96.8 Å². The van der Waals surface area contributed by atoms with Gasteiger partial charge in [-0.2, -0.15) is 0 Å². The first-order valence-electron chi connectivity index (χ1n) is 4.66. The summed E-state index contributed by atoms with van der Waals surface area (Å²) in [5.74, 6) is 0.413. The zero-order valence-electron chi connectivity index (χ0n) is 8.06. The Morgan fingerprint density at radius 1 is 1.80 bits per heavy atom. The fourth-order valence-corrected chi connectivity index (χ4v) is 2.34. The highest BCUT2D eigenvalue weighted by atomic mass is 35.5. The number of amides is 1. The molecule has 1 atom stereocenters. The number of carbonyl (C=O) groups is 1. The smallest absolute Gasteiger partial charge is 0.266 e. The van der Waals surface area contributed by atoms with Gasteiger partial charge in [-0.1, -0.05) is 0 Å². The van der Waals surface area contributed by atoms with Crippen molar-refractivity contribution in [2.45, 2.75) is 6.04 Å². The van der Waals surface area contributed by atoms with E-state index in [1.165, 1.54) is 11.3 Å². The monoisotopic (exact) mass is 246 g/mol. The zero-order chi connectivity index (χ0) is 10.7. The number of hydrogen-bond acceptors (Lipinski definition) is 4.